The molecule has 1 aromatic rings. The maximum Gasteiger partial charge on any atom is 0.331 e. The number of esters is 1. The Morgan fingerprint density at radius 2 is 2.00 bits per heavy atom. The molecule has 5 heteroatoms. The summed E-state index contributed by atoms with van der Waals surface area (Å²) in [5, 5.41) is 0.788. The van der Waals surface area contributed by atoms with Gasteiger partial charge in [-0.15, -0.1) is 0 Å². The summed E-state index contributed by atoms with van der Waals surface area (Å²) < 4.78 is 4.77. The van der Waals surface area contributed by atoms with Crippen LogP contribution in [0, 0.1) is 0 Å². The third-order valence-corrected chi connectivity index (χ3v) is 2.71. The van der Waals surface area contributed by atoms with Crippen LogP contribution in [0.25, 0.3) is 5.57 Å². The van der Waals surface area contributed by atoms with Crippen molar-refractivity contribution >= 4 is 40.5 Å². The van der Waals surface area contributed by atoms with Crippen molar-refractivity contribution in [2.45, 2.75) is 13.8 Å². The normalized spacial score (nSPS) is 11.2. The van der Waals surface area contributed by atoms with E-state index in [9.17, 15) is 9.59 Å². The average molecular weight is 287 g/mol. The van der Waals surface area contributed by atoms with Gasteiger partial charge in [-0.3, -0.25) is 4.79 Å². The molecule has 18 heavy (non-hydrogen) atoms. The first kappa shape index (κ1) is 14.7. The van der Waals surface area contributed by atoms with Crippen LogP contribution in [-0.2, 0) is 14.3 Å². The van der Waals surface area contributed by atoms with Gasteiger partial charge in [0.1, 0.15) is 0 Å². The number of Topliss-reactive ketones (excluding diaryl/α,β-unsaturated/α-hetero) is 1. The number of ether oxygens (including phenoxy) is 1. The number of rotatable bonds is 4. The van der Waals surface area contributed by atoms with E-state index in [0.717, 1.165) is 6.08 Å². The van der Waals surface area contributed by atoms with Crippen LogP contribution in [-0.4, -0.2) is 18.4 Å². The molecule has 0 unspecified atom stereocenters. The highest BCUT2D eigenvalue weighted by Crippen LogP contribution is 2.27. The van der Waals surface area contributed by atoms with Crippen LogP contribution in [0.4, 0.5) is 0 Å². The Morgan fingerprint density at radius 3 is 2.56 bits per heavy atom. The SMILES string of the molecule is CCOC(=O)C=C(C(C)=O)c1cc(Cl)ccc1Cl. The predicted molar refractivity (Wildman–Crippen MR) is 71.8 cm³/mol. The molecule has 0 amide bonds. The van der Waals surface area contributed by atoms with Gasteiger partial charge in [-0.25, -0.2) is 4.79 Å². The first-order valence-electron chi connectivity index (χ1n) is 5.30. The van der Waals surface area contributed by atoms with Gasteiger partial charge in [0.25, 0.3) is 0 Å². The predicted octanol–water partition coefficient (Wildman–Crippen LogP) is 3.53. The molecular weight excluding hydrogens is 275 g/mol. The number of hydrogen-bond donors (Lipinski definition) is 0. The minimum Gasteiger partial charge on any atom is -0.463 e. The Bertz CT molecular complexity index is 507. The number of carbonyl (C=O) groups is 2. The van der Waals surface area contributed by atoms with Crippen molar-refractivity contribution in [3.05, 3.63) is 39.9 Å². The van der Waals surface area contributed by atoms with E-state index in [0.29, 0.717) is 15.6 Å². The van der Waals surface area contributed by atoms with Crippen molar-refractivity contribution < 1.29 is 14.3 Å². The molecule has 0 spiro atoms. The monoisotopic (exact) mass is 286 g/mol. The molecule has 0 radical (unpaired) electrons. The van der Waals surface area contributed by atoms with Gasteiger partial charge in [-0.1, -0.05) is 23.2 Å². The fourth-order valence-corrected chi connectivity index (χ4v) is 1.77. The molecule has 0 N–H and O–H groups in total. The molecule has 1 aromatic carbocycles. The number of allylic oxidation sites excluding steroid dienone is 1. The molecule has 0 heterocycles. The molecule has 0 fully saturated rings. The lowest BCUT2D eigenvalue weighted by Crippen LogP contribution is -2.05. The molecule has 0 saturated heterocycles. The van der Waals surface area contributed by atoms with E-state index in [4.69, 9.17) is 27.9 Å². The highest BCUT2D eigenvalue weighted by atomic mass is 35.5. The van der Waals surface area contributed by atoms with E-state index in [2.05, 4.69) is 0 Å². The molecule has 0 aliphatic carbocycles. The molecule has 96 valence electrons. The number of halogens is 2. The third kappa shape index (κ3) is 3.86. The number of hydrogen-bond acceptors (Lipinski definition) is 3. The number of benzene rings is 1. The van der Waals surface area contributed by atoms with Crippen molar-refractivity contribution in [3.63, 3.8) is 0 Å². The van der Waals surface area contributed by atoms with Crippen molar-refractivity contribution in [3.8, 4) is 0 Å². The minimum absolute atomic E-state index is 0.181. The van der Waals surface area contributed by atoms with Crippen LogP contribution in [0.2, 0.25) is 10.0 Å². The van der Waals surface area contributed by atoms with Crippen LogP contribution in [0.3, 0.4) is 0 Å². The van der Waals surface area contributed by atoms with E-state index in [-0.39, 0.29) is 18.0 Å². The third-order valence-electron chi connectivity index (χ3n) is 2.15. The fourth-order valence-electron chi connectivity index (χ4n) is 1.37. The molecule has 0 saturated carbocycles. The second kappa shape index (κ2) is 6.57. The van der Waals surface area contributed by atoms with Crippen LogP contribution >= 0.6 is 23.2 Å². The Labute approximate surface area is 115 Å². The van der Waals surface area contributed by atoms with Gasteiger partial charge in [0.05, 0.1) is 6.61 Å². The Morgan fingerprint density at radius 1 is 1.33 bits per heavy atom. The Balaban J connectivity index is 3.24. The highest BCUT2D eigenvalue weighted by molar-refractivity contribution is 6.37. The zero-order chi connectivity index (χ0) is 13.7. The summed E-state index contributed by atoms with van der Waals surface area (Å²) in [4.78, 5) is 23.0. The van der Waals surface area contributed by atoms with Crippen LogP contribution in [0.1, 0.15) is 19.4 Å². The van der Waals surface area contributed by atoms with Gasteiger partial charge in [-0.05, 0) is 32.0 Å². The molecule has 1 rings (SSSR count). The molecule has 0 atom stereocenters. The summed E-state index contributed by atoms with van der Waals surface area (Å²) >= 11 is 11.8. The summed E-state index contributed by atoms with van der Waals surface area (Å²) in [6.07, 6.45) is 1.13. The van der Waals surface area contributed by atoms with Crippen LogP contribution < -0.4 is 0 Å². The Kier molecular flexibility index (Phi) is 5.38. The molecule has 0 aromatic heterocycles. The van der Waals surface area contributed by atoms with E-state index >= 15 is 0 Å². The summed E-state index contributed by atoms with van der Waals surface area (Å²) in [5.41, 5.74) is 0.602. The van der Waals surface area contributed by atoms with Gasteiger partial charge < -0.3 is 4.74 Å². The first-order chi connectivity index (χ1) is 8.45. The zero-order valence-corrected chi connectivity index (χ0v) is 11.5. The fraction of sp³-hybridized carbons (Fsp3) is 0.231. The lowest BCUT2D eigenvalue weighted by atomic mass is 10.0. The zero-order valence-electron chi connectivity index (χ0n) is 10.00. The second-order valence-corrected chi connectivity index (χ2v) is 4.33. The summed E-state index contributed by atoms with van der Waals surface area (Å²) in [6, 6.07) is 4.72. The average Bonchev–Trinajstić information content (AvgIpc) is 2.29. The number of carbonyl (C=O) groups excluding carboxylic acids is 2. The lowest BCUT2D eigenvalue weighted by Gasteiger charge is -2.07. The Hall–Kier alpha value is -1.32. The van der Waals surface area contributed by atoms with E-state index in [1.807, 2.05) is 0 Å². The number of ketones is 1. The molecular formula is C13H12Cl2O3. The molecule has 3 nitrogen and oxygen atoms in total. The van der Waals surface area contributed by atoms with E-state index < -0.39 is 5.97 Å². The molecule has 0 bridgehead atoms. The van der Waals surface area contributed by atoms with Crippen molar-refractivity contribution in [1.82, 2.24) is 0 Å². The molecule has 0 aliphatic heterocycles. The van der Waals surface area contributed by atoms with Crippen LogP contribution in [0.15, 0.2) is 24.3 Å². The van der Waals surface area contributed by atoms with Gasteiger partial charge in [-0.2, -0.15) is 0 Å². The molecule has 0 aliphatic rings. The summed E-state index contributed by atoms with van der Waals surface area (Å²) in [7, 11) is 0. The van der Waals surface area contributed by atoms with Gasteiger partial charge in [0, 0.05) is 27.3 Å². The maximum atomic E-state index is 11.6. The smallest absolute Gasteiger partial charge is 0.331 e. The standard InChI is InChI=1S/C13H12Cl2O3/c1-3-18-13(17)7-10(8(2)16)11-6-9(14)4-5-12(11)15/h4-7H,3H2,1-2H3. The first-order valence-corrected chi connectivity index (χ1v) is 6.06. The largest absolute Gasteiger partial charge is 0.463 e. The van der Waals surface area contributed by atoms with E-state index in [1.165, 1.54) is 13.0 Å². The van der Waals surface area contributed by atoms with Crippen molar-refractivity contribution in [2.24, 2.45) is 0 Å². The van der Waals surface area contributed by atoms with E-state index in [1.54, 1.807) is 19.1 Å². The van der Waals surface area contributed by atoms with Crippen molar-refractivity contribution in [1.29, 1.82) is 0 Å². The van der Waals surface area contributed by atoms with Crippen molar-refractivity contribution in [2.75, 3.05) is 6.61 Å². The lowest BCUT2D eigenvalue weighted by molar-refractivity contribution is -0.137. The topological polar surface area (TPSA) is 43.4 Å². The van der Waals surface area contributed by atoms with Gasteiger partial charge in [0.15, 0.2) is 5.78 Å². The summed E-state index contributed by atoms with van der Waals surface area (Å²) in [6.45, 7) is 3.28. The highest BCUT2D eigenvalue weighted by Gasteiger charge is 2.14. The second-order valence-electron chi connectivity index (χ2n) is 3.49. The quantitative estimate of drug-likeness (QED) is 0.628. The van der Waals surface area contributed by atoms with Gasteiger partial charge in [0.2, 0.25) is 0 Å². The van der Waals surface area contributed by atoms with Crippen LogP contribution in [0.5, 0.6) is 0 Å². The maximum absolute atomic E-state index is 11.6. The summed E-state index contributed by atoms with van der Waals surface area (Å²) in [5.74, 6) is -0.869. The minimum atomic E-state index is -0.584. The van der Waals surface area contributed by atoms with Gasteiger partial charge >= 0.3 is 5.97 Å².